The number of nitrogens with two attached hydrogens (primary N) is 1. The Balaban J connectivity index is 1.76. The highest BCUT2D eigenvalue weighted by Crippen LogP contribution is 2.37. The average molecular weight is 304 g/mol. The summed E-state index contributed by atoms with van der Waals surface area (Å²) < 4.78 is 13.1. The van der Waals surface area contributed by atoms with E-state index in [1.807, 2.05) is 0 Å². The first-order chi connectivity index (χ1) is 10.1. The van der Waals surface area contributed by atoms with Crippen molar-refractivity contribution >= 4 is 11.6 Å². The van der Waals surface area contributed by atoms with Crippen molar-refractivity contribution in [2.24, 2.45) is 5.73 Å². The fourth-order valence-corrected chi connectivity index (χ4v) is 3.07. The fourth-order valence-electron chi connectivity index (χ4n) is 2.83. The summed E-state index contributed by atoms with van der Waals surface area (Å²) in [5.74, 6) is 0.385. The zero-order valence-corrected chi connectivity index (χ0v) is 12.6. The first-order valence-corrected chi connectivity index (χ1v) is 7.80. The predicted octanol–water partition coefficient (Wildman–Crippen LogP) is 4.99. The molecule has 21 heavy (non-hydrogen) atoms. The number of benzene rings is 2. The average Bonchev–Trinajstić information content (AvgIpc) is 2.40. The van der Waals surface area contributed by atoms with E-state index in [0.29, 0.717) is 17.4 Å². The van der Waals surface area contributed by atoms with Gasteiger partial charge in [0.05, 0.1) is 0 Å². The van der Waals surface area contributed by atoms with Gasteiger partial charge in [-0.25, -0.2) is 4.39 Å². The number of hydrogen-bond donors (Lipinski definition) is 1. The van der Waals surface area contributed by atoms with E-state index >= 15 is 0 Å². The summed E-state index contributed by atoms with van der Waals surface area (Å²) in [6.45, 7) is 0. The molecule has 0 bridgehead atoms. The van der Waals surface area contributed by atoms with Crippen molar-refractivity contribution in [3.8, 4) is 0 Å². The summed E-state index contributed by atoms with van der Waals surface area (Å²) in [6.07, 6.45) is 4.50. The van der Waals surface area contributed by atoms with Crippen LogP contribution in [0.4, 0.5) is 4.39 Å². The molecule has 0 aromatic heterocycles. The number of rotatable bonds is 4. The molecule has 0 radical (unpaired) electrons. The van der Waals surface area contributed by atoms with E-state index < -0.39 is 0 Å². The Labute approximate surface area is 129 Å². The molecule has 110 valence electrons. The second kappa shape index (κ2) is 6.17. The fraction of sp³-hybridized carbons (Fsp3) is 0.333. The lowest BCUT2D eigenvalue weighted by Gasteiger charge is -2.26. The molecule has 1 atom stereocenters. The molecule has 3 rings (SSSR count). The van der Waals surface area contributed by atoms with Crippen LogP contribution in [-0.4, -0.2) is 0 Å². The maximum atomic E-state index is 13.1. The minimum absolute atomic E-state index is 0.118. The van der Waals surface area contributed by atoms with Crippen molar-refractivity contribution in [3.63, 3.8) is 0 Å². The normalized spacial score (nSPS) is 16.5. The van der Waals surface area contributed by atoms with Crippen molar-refractivity contribution in [3.05, 3.63) is 70.0 Å². The molecule has 0 saturated heterocycles. The van der Waals surface area contributed by atoms with Crippen LogP contribution in [0.5, 0.6) is 0 Å². The van der Waals surface area contributed by atoms with E-state index in [-0.39, 0.29) is 11.9 Å². The predicted molar refractivity (Wildman–Crippen MR) is 85.1 cm³/mol. The molecule has 1 unspecified atom stereocenters. The first kappa shape index (κ1) is 14.6. The van der Waals surface area contributed by atoms with E-state index in [1.165, 1.54) is 37.0 Å². The van der Waals surface area contributed by atoms with Gasteiger partial charge in [0.2, 0.25) is 0 Å². The van der Waals surface area contributed by atoms with E-state index in [4.69, 9.17) is 17.3 Å². The maximum absolute atomic E-state index is 13.1. The molecule has 2 aromatic rings. The Morgan fingerprint density at radius 3 is 2.67 bits per heavy atom. The zero-order chi connectivity index (χ0) is 14.8. The molecule has 0 heterocycles. The number of halogens is 2. The van der Waals surface area contributed by atoms with Crippen molar-refractivity contribution in [1.82, 2.24) is 0 Å². The van der Waals surface area contributed by atoms with Crippen LogP contribution in [0, 0.1) is 5.82 Å². The quantitative estimate of drug-likeness (QED) is 0.846. The Morgan fingerprint density at radius 2 is 2.00 bits per heavy atom. The van der Waals surface area contributed by atoms with Gasteiger partial charge < -0.3 is 5.73 Å². The van der Waals surface area contributed by atoms with Gasteiger partial charge >= 0.3 is 0 Å². The van der Waals surface area contributed by atoms with Gasteiger partial charge in [-0.2, -0.15) is 0 Å². The molecular formula is C18H19ClFN. The van der Waals surface area contributed by atoms with Gasteiger partial charge in [0.15, 0.2) is 0 Å². The van der Waals surface area contributed by atoms with Gasteiger partial charge in [-0.15, -0.1) is 0 Å². The van der Waals surface area contributed by atoms with E-state index in [9.17, 15) is 4.39 Å². The van der Waals surface area contributed by atoms with Crippen molar-refractivity contribution in [1.29, 1.82) is 0 Å². The van der Waals surface area contributed by atoms with E-state index in [2.05, 4.69) is 24.3 Å². The molecule has 0 amide bonds. The third-order valence-electron chi connectivity index (χ3n) is 4.37. The Bertz CT molecular complexity index is 637. The van der Waals surface area contributed by atoms with Crippen LogP contribution in [0.15, 0.2) is 42.5 Å². The smallest absolute Gasteiger partial charge is 0.124 e. The minimum Gasteiger partial charge on any atom is -0.324 e. The third kappa shape index (κ3) is 3.28. The molecule has 0 spiro atoms. The van der Waals surface area contributed by atoms with Gasteiger partial charge in [0.1, 0.15) is 5.82 Å². The standard InChI is InChI=1S/C18H19ClFN/c19-17-11-16(20)8-7-14(17)10-18(21)15-6-2-5-13(9-15)12-3-1-4-12/h2,5-9,11-12,18H,1,3-4,10,21H2. The molecule has 1 aliphatic rings. The Morgan fingerprint density at radius 1 is 1.19 bits per heavy atom. The topological polar surface area (TPSA) is 26.0 Å². The van der Waals surface area contributed by atoms with Gasteiger partial charge in [-0.05, 0) is 54.0 Å². The highest BCUT2D eigenvalue weighted by Gasteiger charge is 2.20. The first-order valence-electron chi connectivity index (χ1n) is 7.43. The lowest BCUT2D eigenvalue weighted by Crippen LogP contribution is -2.15. The molecule has 1 nitrogen and oxygen atoms in total. The second-order valence-electron chi connectivity index (χ2n) is 5.84. The van der Waals surface area contributed by atoms with Gasteiger partial charge in [-0.1, -0.05) is 48.4 Å². The van der Waals surface area contributed by atoms with Crippen molar-refractivity contribution in [2.45, 2.75) is 37.6 Å². The highest BCUT2D eigenvalue weighted by atomic mass is 35.5. The molecule has 0 aliphatic heterocycles. The summed E-state index contributed by atoms with van der Waals surface area (Å²) in [6, 6.07) is 12.9. The molecular weight excluding hydrogens is 285 g/mol. The van der Waals surface area contributed by atoms with E-state index in [1.54, 1.807) is 6.07 Å². The lowest BCUT2D eigenvalue weighted by atomic mass is 9.79. The summed E-state index contributed by atoms with van der Waals surface area (Å²) in [5.41, 5.74) is 9.71. The Hall–Kier alpha value is -1.38. The van der Waals surface area contributed by atoms with Crippen LogP contribution in [0.2, 0.25) is 5.02 Å². The molecule has 1 aliphatic carbocycles. The third-order valence-corrected chi connectivity index (χ3v) is 4.72. The highest BCUT2D eigenvalue weighted by molar-refractivity contribution is 6.31. The summed E-state index contributed by atoms with van der Waals surface area (Å²) in [7, 11) is 0. The molecule has 2 aromatic carbocycles. The van der Waals surface area contributed by atoms with Crippen LogP contribution in [0.25, 0.3) is 0 Å². The summed E-state index contributed by atoms with van der Waals surface area (Å²) in [4.78, 5) is 0. The van der Waals surface area contributed by atoms with Gasteiger partial charge in [-0.3, -0.25) is 0 Å². The maximum Gasteiger partial charge on any atom is 0.124 e. The Kier molecular flexibility index (Phi) is 4.27. The van der Waals surface area contributed by atoms with Crippen LogP contribution in [0.3, 0.4) is 0 Å². The second-order valence-corrected chi connectivity index (χ2v) is 6.25. The van der Waals surface area contributed by atoms with Gasteiger partial charge in [0.25, 0.3) is 0 Å². The van der Waals surface area contributed by atoms with Gasteiger partial charge in [0, 0.05) is 11.1 Å². The molecule has 1 fully saturated rings. The van der Waals surface area contributed by atoms with Crippen molar-refractivity contribution in [2.75, 3.05) is 0 Å². The molecule has 3 heteroatoms. The van der Waals surface area contributed by atoms with Crippen LogP contribution in [0.1, 0.15) is 47.9 Å². The SMILES string of the molecule is NC(Cc1ccc(F)cc1Cl)c1cccc(C2CCC2)c1. The summed E-state index contributed by atoms with van der Waals surface area (Å²) in [5, 5.41) is 0.445. The monoisotopic (exact) mass is 303 g/mol. The van der Waals surface area contributed by atoms with Crippen LogP contribution < -0.4 is 5.73 Å². The van der Waals surface area contributed by atoms with Crippen molar-refractivity contribution < 1.29 is 4.39 Å². The minimum atomic E-state index is -0.315. The number of hydrogen-bond acceptors (Lipinski definition) is 1. The molecule has 2 N–H and O–H groups in total. The zero-order valence-electron chi connectivity index (χ0n) is 11.9. The summed E-state index contributed by atoms with van der Waals surface area (Å²) >= 11 is 6.08. The molecule has 1 saturated carbocycles. The largest absolute Gasteiger partial charge is 0.324 e. The van der Waals surface area contributed by atoms with E-state index in [0.717, 1.165) is 11.1 Å². The van der Waals surface area contributed by atoms with Crippen LogP contribution >= 0.6 is 11.6 Å². The lowest BCUT2D eigenvalue weighted by molar-refractivity contribution is 0.419. The van der Waals surface area contributed by atoms with Crippen LogP contribution in [-0.2, 0) is 6.42 Å².